The SMILES string of the molecule is COC(=O)CCC(O)CN(C)c1ccc[nH]1. The summed E-state index contributed by atoms with van der Waals surface area (Å²) in [6, 6.07) is 3.82. The second-order valence-electron chi connectivity index (χ2n) is 3.70. The molecule has 5 nitrogen and oxygen atoms in total. The van der Waals surface area contributed by atoms with E-state index in [1.807, 2.05) is 30.3 Å². The molecule has 0 amide bonds. The van der Waals surface area contributed by atoms with Gasteiger partial charge in [-0.2, -0.15) is 0 Å². The fraction of sp³-hybridized carbons (Fsp3) is 0.545. The Labute approximate surface area is 95.0 Å². The lowest BCUT2D eigenvalue weighted by molar-refractivity contribution is -0.141. The lowest BCUT2D eigenvalue weighted by atomic mass is 10.2. The molecule has 0 fully saturated rings. The van der Waals surface area contributed by atoms with Gasteiger partial charge in [-0.3, -0.25) is 4.79 Å². The van der Waals surface area contributed by atoms with Gasteiger partial charge in [-0.05, 0) is 18.6 Å². The molecule has 0 bridgehead atoms. The summed E-state index contributed by atoms with van der Waals surface area (Å²) in [6.45, 7) is 0.484. The molecule has 1 rings (SSSR count). The van der Waals surface area contributed by atoms with Gasteiger partial charge in [0.2, 0.25) is 0 Å². The summed E-state index contributed by atoms with van der Waals surface area (Å²) in [5.74, 6) is 0.652. The molecule has 2 N–H and O–H groups in total. The van der Waals surface area contributed by atoms with Crippen molar-refractivity contribution in [3.05, 3.63) is 18.3 Å². The first kappa shape index (κ1) is 12.6. The fourth-order valence-electron chi connectivity index (χ4n) is 1.45. The van der Waals surface area contributed by atoms with Crippen molar-refractivity contribution in [2.75, 3.05) is 25.6 Å². The van der Waals surface area contributed by atoms with E-state index in [9.17, 15) is 9.90 Å². The quantitative estimate of drug-likeness (QED) is 0.703. The molecule has 1 aromatic heterocycles. The van der Waals surface area contributed by atoms with Gasteiger partial charge in [0, 0.05) is 26.2 Å². The standard InChI is InChI=1S/C11H18N2O3/c1-13(10-4-3-7-12-10)8-9(14)5-6-11(15)16-2/h3-4,7,9,12,14H,5-6,8H2,1-2H3. The maximum atomic E-state index is 10.9. The van der Waals surface area contributed by atoms with Gasteiger partial charge in [0.15, 0.2) is 0 Å². The molecule has 1 atom stereocenters. The van der Waals surface area contributed by atoms with Crippen molar-refractivity contribution in [2.24, 2.45) is 0 Å². The zero-order valence-corrected chi connectivity index (χ0v) is 9.64. The summed E-state index contributed by atoms with van der Waals surface area (Å²) in [5.41, 5.74) is 0. The minimum absolute atomic E-state index is 0.246. The molecular formula is C11H18N2O3. The van der Waals surface area contributed by atoms with Crippen molar-refractivity contribution >= 4 is 11.8 Å². The van der Waals surface area contributed by atoms with E-state index in [4.69, 9.17) is 0 Å². The van der Waals surface area contributed by atoms with Gasteiger partial charge in [-0.15, -0.1) is 0 Å². The summed E-state index contributed by atoms with van der Waals surface area (Å²) in [7, 11) is 3.23. The van der Waals surface area contributed by atoms with Gasteiger partial charge < -0.3 is 19.7 Å². The number of hydrogen-bond donors (Lipinski definition) is 2. The number of hydrogen-bond acceptors (Lipinski definition) is 4. The van der Waals surface area contributed by atoms with Crippen LogP contribution in [-0.2, 0) is 9.53 Å². The summed E-state index contributed by atoms with van der Waals surface area (Å²) < 4.78 is 4.51. The van der Waals surface area contributed by atoms with E-state index in [0.29, 0.717) is 13.0 Å². The summed E-state index contributed by atoms with van der Waals surface area (Å²) in [5, 5.41) is 9.70. The number of nitrogens with zero attached hydrogens (tertiary/aromatic N) is 1. The molecule has 0 saturated heterocycles. The first-order chi connectivity index (χ1) is 7.63. The van der Waals surface area contributed by atoms with Crippen LogP contribution >= 0.6 is 0 Å². The van der Waals surface area contributed by atoms with Gasteiger partial charge in [0.05, 0.1) is 13.2 Å². The summed E-state index contributed by atoms with van der Waals surface area (Å²) in [4.78, 5) is 15.8. The monoisotopic (exact) mass is 226 g/mol. The van der Waals surface area contributed by atoms with E-state index >= 15 is 0 Å². The molecule has 1 heterocycles. The number of H-pyrrole nitrogens is 1. The molecule has 5 heteroatoms. The number of esters is 1. The van der Waals surface area contributed by atoms with Gasteiger partial charge in [-0.25, -0.2) is 0 Å². The molecule has 0 radical (unpaired) electrons. The van der Waals surface area contributed by atoms with Crippen LogP contribution in [0, 0.1) is 0 Å². The highest BCUT2D eigenvalue weighted by molar-refractivity contribution is 5.69. The second kappa shape index (κ2) is 6.17. The molecule has 0 aliphatic carbocycles. The highest BCUT2D eigenvalue weighted by atomic mass is 16.5. The van der Waals surface area contributed by atoms with Crippen molar-refractivity contribution in [3.8, 4) is 0 Å². The molecule has 0 saturated carbocycles. The average Bonchev–Trinajstić information content (AvgIpc) is 2.79. The second-order valence-corrected chi connectivity index (χ2v) is 3.70. The smallest absolute Gasteiger partial charge is 0.305 e. The number of carbonyl (C=O) groups is 1. The van der Waals surface area contributed by atoms with Crippen LogP contribution in [0.25, 0.3) is 0 Å². The minimum atomic E-state index is -0.535. The molecule has 90 valence electrons. The van der Waals surface area contributed by atoms with Crippen LogP contribution in [0.1, 0.15) is 12.8 Å². The highest BCUT2D eigenvalue weighted by Gasteiger charge is 2.11. The number of carbonyl (C=O) groups excluding carboxylic acids is 1. The Hall–Kier alpha value is -1.49. The maximum absolute atomic E-state index is 10.9. The van der Waals surface area contributed by atoms with Crippen LogP contribution in [0.3, 0.4) is 0 Å². The Kier molecular flexibility index (Phi) is 4.85. The van der Waals surface area contributed by atoms with Gasteiger partial charge in [0.1, 0.15) is 5.82 Å². The Bertz CT molecular complexity index is 311. The molecule has 0 aliphatic heterocycles. The van der Waals surface area contributed by atoms with Crippen molar-refractivity contribution in [1.29, 1.82) is 0 Å². The number of aliphatic hydroxyl groups is 1. The van der Waals surface area contributed by atoms with Crippen LogP contribution in [0.5, 0.6) is 0 Å². The van der Waals surface area contributed by atoms with Crippen molar-refractivity contribution < 1.29 is 14.6 Å². The average molecular weight is 226 g/mol. The number of anilines is 1. The third-order valence-corrected chi connectivity index (χ3v) is 2.39. The van der Waals surface area contributed by atoms with E-state index in [0.717, 1.165) is 5.82 Å². The predicted octanol–water partition coefficient (Wildman–Crippen LogP) is 0.765. The van der Waals surface area contributed by atoms with Crippen LogP contribution in [0.15, 0.2) is 18.3 Å². The molecule has 0 aliphatic rings. The number of likely N-dealkylation sites (N-methyl/N-ethyl adjacent to an activating group) is 1. The van der Waals surface area contributed by atoms with E-state index in [-0.39, 0.29) is 12.4 Å². The molecule has 1 unspecified atom stereocenters. The maximum Gasteiger partial charge on any atom is 0.305 e. The van der Waals surface area contributed by atoms with Gasteiger partial charge >= 0.3 is 5.97 Å². The van der Waals surface area contributed by atoms with E-state index in [2.05, 4.69) is 9.72 Å². The highest BCUT2D eigenvalue weighted by Crippen LogP contribution is 2.09. The Morgan fingerprint density at radius 1 is 1.69 bits per heavy atom. The van der Waals surface area contributed by atoms with Crippen molar-refractivity contribution in [3.63, 3.8) is 0 Å². The number of aromatic amines is 1. The Balaban J connectivity index is 2.28. The number of nitrogens with one attached hydrogen (secondary N) is 1. The largest absolute Gasteiger partial charge is 0.469 e. The fourth-order valence-corrected chi connectivity index (χ4v) is 1.45. The lowest BCUT2D eigenvalue weighted by Gasteiger charge is -2.20. The van der Waals surface area contributed by atoms with Gasteiger partial charge in [0.25, 0.3) is 0 Å². The van der Waals surface area contributed by atoms with Crippen LogP contribution < -0.4 is 4.90 Å². The van der Waals surface area contributed by atoms with Crippen LogP contribution in [0.2, 0.25) is 0 Å². The molecule has 0 aromatic carbocycles. The minimum Gasteiger partial charge on any atom is -0.469 e. The van der Waals surface area contributed by atoms with Crippen molar-refractivity contribution in [2.45, 2.75) is 18.9 Å². The van der Waals surface area contributed by atoms with E-state index in [1.165, 1.54) is 7.11 Å². The molecule has 16 heavy (non-hydrogen) atoms. The summed E-state index contributed by atoms with van der Waals surface area (Å²) in [6.07, 6.45) is 1.95. The molecule has 0 spiro atoms. The van der Waals surface area contributed by atoms with E-state index < -0.39 is 6.10 Å². The Morgan fingerprint density at radius 3 is 3.00 bits per heavy atom. The number of rotatable bonds is 6. The zero-order valence-electron chi connectivity index (χ0n) is 9.64. The normalized spacial score (nSPS) is 12.2. The number of ether oxygens (including phenoxy) is 1. The lowest BCUT2D eigenvalue weighted by Crippen LogP contribution is -2.29. The number of aromatic nitrogens is 1. The van der Waals surface area contributed by atoms with Crippen molar-refractivity contribution in [1.82, 2.24) is 4.98 Å². The van der Waals surface area contributed by atoms with Gasteiger partial charge in [-0.1, -0.05) is 0 Å². The third-order valence-electron chi connectivity index (χ3n) is 2.39. The first-order valence-corrected chi connectivity index (χ1v) is 5.23. The molecule has 1 aromatic rings. The van der Waals surface area contributed by atoms with Crippen LogP contribution in [-0.4, -0.2) is 42.9 Å². The molecular weight excluding hydrogens is 208 g/mol. The Morgan fingerprint density at radius 2 is 2.44 bits per heavy atom. The number of methoxy groups -OCH3 is 1. The van der Waals surface area contributed by atoms with Crippen LogP contribution in [0.4, 0.5) is 5.82 Å². The predicted molar refractivity (Wildman–Crippen MR) is 61.3 cm³/mol. The topological polar surface area (TPSA) is 65.6 Å². The zero-order chi connectivity index (χ0) is 12.0. The van der Waals surface area contributed by atoms with E-state index in [1.54, 1.807) is 0 Å². The number of aliphatic hydroxyl groups excluding tert-OH is 1. The third kappa shape index (κ3) is 3.94. The first-order valence-electron chi connectivity index (χ1n) is 5.23. The summed E-state index contributed by atoms with van der Waals surface area (Å²) >= 11 is 0.